The Balaban J connectivity index is 1.83. The number of esters is 1. The second-order valence-corrected chi connectivity index (χ2v) is 7.59. The van der Waals surface area contributed by atoms with Gasteiger partial charge in [-0.05, 0) is 47.1 Å². The fraction of sp³-hybridized carbons (Fsp3) is 0.188. The smallest absolute Gasteiger partial charge is 0.325 e. The first-order chi connectivity index (χ1) is 12.3. The molecule has 0 aliphatic heterocycles. The zero-order valence-corrected chi connectivity index (χ0v) is 15.9. The van der Waals surface area contributed by atoms with E-state index in [1.807, 2.05) is 0 Å². The Labute approximate surface area is 160 Å². The molecule has 0 saturated heterocycles. The normalized spacial score (nSPS) is 10.2. The molecule has 0 unspecified atom stereocenters. The number of benzene rings is 1. The van der Waals surface area contributed by atoms with E-state index >= 15 is 0 Å². The molecule has 0 radical (unpaired) electrons. The van der Waals surface area contributed by atoms with Crippen molar-refractivity contribution in [3.8, 4) is 0 Å². The number of thiophene rings is 1. The first-order valence-electron chi connectivity index (χ1n) is 7.25. The van der Waals surface area contributed by atoms with Crippen molar-refractivity contribution in [2.24, 2.45) is 0 Å². The molecule has 0 spiro atoms. The van der Waals surface area contributed by atoms with E-state index in [-0.39, 0.29) is 17.0 Å². The van der Waals surface area contributed by atoms with Gasteiger partial charge in [0.1, 0.15) is 6.54 Å². The van der Waals surface area contributed by atoms with Crippen LogP contribution in [0.5, 0.6) is 0 Å². The molecule has 10 heteroatoms. The average Bonchev–Trinajstić information content (AvgIpc) is 3.03. The second kappa shape index (κ2) is 8.68. The first kappa shape index (κ1) is 19.7. The van der Waals surface area contributed by atoms with Crippen molar-refractivity contribution in [1.29, 1.82) is 0 Å². The topological polar surface area (TPSA) is 116 Å². The molecule has 26 heavy (non-hydrogen) atoms. The Hall–Kier alpha value is -2.59. The number of hydrogen-bond donors (Lipinski definition) is 1. The Morgan fingerprint density at radius 3 is 2.58 bits per heavy atom. The van der Waals surface area contributed by atoms with E-state index in [9.17, 15) is 24.5 Å². The summed E-state index contributed by atoms with van der Waals surface area (Å²) in [4.78, 5) is 46.1. The van der Waals surface area contributed by atoms with Crippen molar-refractivity contribution < 1.29 is 24.0 Å². The maximum Gasteiger partial charge on any atom is 0.325 e. The quantitative estimate of drug-likeness (QED) is 0.306. The molecule has 1 aromatic carbocycles. The average molecular weight is 441 g/mol. The van der Waals surface area contributed by atoms with E-state index in [4.69, 9.17) is 4.74 Å². The highest BCUT2D eigenvalue weighted by Gasteiger charge is 2.16. The summed E-state index contributed by atoms with van der Waals surface area (Å²) in [6.07, 6.45) is 0. The molecule has 2 aromatic rings. The van der Waals surface area contributed by atoms with Gasteiger partial charge in [-0.15, -0.1) is 11.3 Å². The number of hydrogen-bond acceptors (Lipinski definition) is 7. The summed E-state index contributed by atoms with van der Waals surface area (Å²) in [5.41, 5.74) is 0.415. The minimum absolute atomic E-state index is 0.0975. The lowest BCUT2D eigenvalue weighted by atomic mass is 10.1. The number of ether oxygens (including phenoxy) is 1. The van der Waals surface area contributed by atoms with Crippen LogP contribution in [0.2, 0.25) is 0 Å². The van der Waals surface area contributed by atoms with Gasteiger partial charge in [-0.25, -0.2) is 0 Å². The highest BCUT2D eigenvalue weighted by molar-refractivity contribution is 9.11. The van der Waals surface area contributed by atoms with Crippen molar-refractivity contribution in [2.75, 3.05) is 13.2 Å². The number of nitro benzene ring substituents is 1. The summed E-state index contributed by atoms with van der Waals surface area (Å²) in [5, 5.41) is 13.1. The molecule has 0 aliphatic rings. The third-order valence-electron chi connectivity index (χ3n) is 3.26. The molecule has 0 bridgehead atoms. The largest absolute Gasteiger partial charge is 0.456 e. The molecule has 0 fully saturated rings. The lowest BCUT2D eigenvalue weighted by Gasteiger charge is -2.06. The van der Waals surface area contributed by atoms with Gasteiger partial charge in [0, 0.05) is 17.2 Å². The van der Waals surface area contributed by atoms with Crippen molar-refractivity contribution in [1.82, 2.24) is 5.32 Å². The van der Waals surface area contributed by atoms with Gasteiger partial charge in [0.2, 0.25) is 5.78 Å². The Kier molecular flexibility index (Phi) is 6.58. The molecular formula is C16H13BrN2O6S. The Morgan fingerprint density at radius 1 is 1.27 bits per heavy atom. The molecule has 1 heterocycles. The summed E-state index contributed by atoms with van der Waals surface area (Å²) in [7, 11) is 0. The van der Waals surface area contributed by atoms with E-state index in [2.05, 4.69) is 21.2 Å². The summed E-state index contributed by atoms with van der Waals surface area (Å²) in [6.45, 7) is 0.673. The molecule has 1 amide bonds. The number of halogens is 1. The first-order valence-corrected chi connectivity index (χ1v) is 8.86. The van der Waals surface area contributed by atoms with Gasteiger partial charge < -0.3 is 10.1 Å². The van der Waals surface area contributed by atoms with Gasteiger partial charge in [0.15, 0.2) is 6.61 Å². The van der Waals surface area contributed by atoms with E-state index < -0.39 is 30.0 Å². The van der Waals surface area contributed by atoms with Gasteiger partial charge >= 0.3 is 5.97 Å². The van der Waals surface area contributed by atoms with Crippen molar-refractivity contribution >= 4 is 50.6 Å². The number of nitrogens with one attached hydrogen (secondary N) is 1. The predicted molar refractivity (Wildman–Crippen MR) is 97.5 cm³/mol. The molecule has 0 atom stereocenters. The fourth-order valence-corrected chi connectivity index (χ4v) is 3.30. The van der Waals surface area contributed by atoms with Crippen LogP contribution in [0.1, 0.15) is 25.6 Å². The number of carbonyl (C=O) groups is 3. The van der Waals surface area contributed by atoms with Crippen molar-refractivity contribution in [3.05, 3.63) is 60.2 Å². The lowest BCUT2D eigenvalue weighted by molar-refractivity contribution is -0.385. The number of amides is 1. The van der Waals surface area contributed by atoms with Crippen molar-refractivity contribution in [2.45, 2.75) is 6.92 Å². The number of ketones is 1. The molecule has 1 N–H and O–H groups in total. The minimum Gasteiger partial charge on any atom is -0.456 e. The van der Waals surface area contributed by atoms with E-state index in [0.29, 0.717) is 10.4 Å². The third-order valence-corrected chi connectivity index (χ3v) is 4.93. The number of nitro groups is 1. The Bertz CT molecular complexity index is 879. The van der Waals surface area contributed by atoms with E-state index in [0.717, 1.165) is 3.79 Å². The molecule has 0 aliphatic carbocycles. The molecule has 0 saturated carbocycles. The van der Waals surface area contributed by atoms with Crippen LogP contribution in [-0.2, 0) is 9.53 Å². The number of rotatable bonds is 7. The van der Waals surface area contributed by atoms with Crippen LogP contribution in [0, 0.1) is 17.0 Å². The van der Waals surface area contributed by atoms with E-state index in [1.165, 1.54) is 36.5 Å². The van der Waals surface area contributed by atoms with Gasteiger partial charge in [-0.1, -0.05) is 0 Å². The summed E-state index contributed by atoms with van der Waals surface area (Å²) in [6, 6.07) is 7.21. The van der Waals surface area contributed by atoms with E-state index in [1.54, 1.807) is 12.1 Å². The van der Waals surface area contributed by atoms with Crippen LogP contribution in [0.3, 0.4) is 0 Å². The zero-order valence-electron chi connectivity index (χ0n) is 13.5. The predicted octanol–water partition coefficient (Wildman–Crippen LogP) is 2.88. The molecular weight excluding hydrogens is 428 g/mol. The Morgan fingerprint density at radius 2 is 2.00 bits per heavy atom. The number of nitrogens with zero attached hydrogens (tertiary/aromatic N) is 1. The van der Waals surface area contributed by atoms with Crippen LogP contribution < -0.4 is 5.32 Å². The highest BCUT2D eigenvalue weighted by Crippen LogP contribution is 2.22. The lowest BCUT2D eigenvalue weighted by Crippen LogP contribution is -2.31. The van der Waals surface area contributed by atoms with Crippen LogP contribution in [0.15, 0.2) is 34.1 Å². The van der Waals surface area contributed by atoms with Gasteiger partial charge in [0.25, 0.3) is 11.6 Å². The van der Waals surface area contributed by atoms with Crippen LogP contribution in [-0.4, -0.2) is 35.7 Å². The molecule has 1 aromatic heterocycles. The van der Waals surface area contributed by atoms with Gasteiger partial charge in [-0.2, -0.15) is 0 Å². The van der Waals surface area contributed by atoms with Crippen LogP contribution in [0.4, 0.5) is 5.69 Å². The van der Waals surface area contributed by atoms with Gasteiger partial charge in [0.05, 0.1) is 13.6 Å². The maximum atomic E-state index is 12.0. The van der Waals surface area contributed by atoms with Crippen LogP contribution >= 0.6 is 27.3 Å². The van der Waals surface area contributed by atoms with Gasteiger partial charge in [-0.3, -0.25) is 24.5 Å². The number of Topliss-reactive ketones (excluding diaryl/α,β-unsaturated/α-hetero) is 1. The van der Waals surface area contributed by atoms with Crippen molar-refractivity contribution in [3.63, 3.8) is 0 Å². The third kappa shape index (κ3) is 5.20. The van der Waals surface area contributed by atoms with Crippen LogP contribution in [0.25, 0.3) is 0 Å². The minimum atomic E-state index is -0.763. The maximum absolute atomic E-state index is 12.0. The number of carbonyl (C=O) groups excluding carboxylic acids is 3. The summed E-state index contributed by atoms with van der Waals surface area (Å²) < 4.78 is 5.62. The monoisotopic (exact) mass is 440 g/mol. The number of aryl methyl sites for hydroxylation is 1. The SMILES string of the molecule is Cc1cc(C(=O)NCC(=O)OCC(=O)c2ccc(Br)s2)ccc1[N+](=O)[O-]. The molecule has 2 rings (SSSR count). The molecule has 8 nitrogen and oxygen atoms in total. The summed E-state index contributed by atoms with van der Waals surface area (Å²) >= 11 is 4.46. The molecule has 136 valence electrons. The fourth-order valence-electron chi connectivity index (χ4n) is 1.99. The highest BCUT2D eigenvalue weighted by atomic mass is 79.9. The standard InChI is InChI=1S/C16H13BrN2O6S/c1-9-6-10(2-3-11(9)19(23)24)16(22)18-7-15(21)25-8-12(20)13-4-5-14(17)26-13/h2-6H,7-8H2,1H3,(H,18,22). The summed E-state index contributed by atoms with van der Waals surface area (Å²) in [5.74, 6) is -1.68. The second-order valence-electron chi connectivity index (χ2n) is 5.13. The zero-order chi connectivity index (χ0) is 19.3.